The Kier molecular flexibility index (Phi) is 2.93. The Hall–Kier alpha value is -2.50. The van der Waals surface area contributed by atoms with Crippen LogP contribution in [0.25, 0.3) is 5.69 Å². The fourth-order valence-electron chi connectivity index (χ4n) is 1.85. The van der Waals surface area contributed by atoms with Crippen LogP contribution in [0.15, 0.2) is 33.9 Å². The van der Waals surface area contributed by atoms with E-state index in [9.17, 15) is 9.59 Å². The maximum atomic E-state index is 11.9. The second kappa shape index (κ2) is 4.40. The van der Waals surface area contributed by atoms with Crippen LogP contribution in [0, 0.1) is 6.92 Å². The van der Waals surface area contributed by atoms with E-state index in [2.05, 4.69) is 10.3 Å². The first-order valence-corrected chi connectivity index (χ1v) is 5.45. The van der Waals surface area contributed by atoms with E-state index in [1.807, 2.05) is 19.1 Å². The minimum absolute atomic E-state index is 0.0977. The van der Waals surface area contributed by atoms with Gasteiger partial charge in [-0.3, -0.25) is 9.78 Å². The molecule has 0 fully saturated rings. The molecule has 1 heterocycles. The summed E-state index contributed by atoms with van der Waals surface area (Å²) in [4.78, 5) is 25.7. The Bertz CT molecular complexity index is 700. The molecule has 2 aromatic rings. The van der Waals surface area contributed by atoms with Gasteiger partial charge in [0.1, 0.15) is 11.5 Å². The van der Waals surface area contributed by atoms with Crippen molar-refractivity contribution in [2.75, 3.05) is 18.1 Å². The molecule has 6 heteroatoms. The van der Waals surface area contributed by atoms with Crippen molar-refractivity contribution >= 4 is 11.5 Å². The van der Waals surface area contributed by atoms with E-state index >= 15 is 0 Å². The molecule has 1 aromatic heterocycles. The van der Waals surface area contributed by atoms with Crippen molar-refractivity contribution in [3.05, 3.63) is 50.7 Å². The predicted octanol–water partition coefficient (Wildman–Crippen LogP) is 0.458. The van der Waals surface area contributed by atoms with E-state index in [-0.39, 0.29) is 11.5 Å². The van der Waals surface area contributed by atoms with Crippen molar-refractivity contribution in [3.63, 3.8) is 0 Å². The summed E-state index contributed by atoms with van der Waals surface area (Å²) in [6.45, 7) is 1.87. The fraction of sp³-hybridized carbons (Fsp3) is 0.167. The number of benzene rings is 1. The Morgan fingerprint density at radius 3 is 2.56 bits per heavy atom. The number of rotatable bonds is 2. The Morgan fingerprint density at radius 1 is 1.28 bits per heavy atom. The molecule has 0 atom stereocenters. The molecule has 0 radical (unpaired) electrons. The van der Waals surface area contributed by atoms with E-state index in [1.165, 1.54) is 4.57 Å². The van der Waals surface area contributed by atoms with Gasteiger partial charge in [-0.25, -0.2) is 9.36 Å². The number of para-hydroxylation sites is 1. The predicted molar refractivity (Wildman–Crippen MR) is 71.4 cm³/mol. The number of nitrogens with two attached hydrogens (primary N) is 1. The summed E-state index contributed by atoms with van der Waals surface area (Å²) < 4.78 is 1.28. The molecule has 0 aliphatic rings. The Labute approximate surface area is 103 Å². The van der Waals surface area contributed by atoms with Gasteiger partial charge < -0.3 is 11.1 Å². The van der Waals surface area contributed by atoms with Gasteiger partial charge in [0.05, 0.1) is 5.69 Å². The highest BCUT2D eigenvalue weighted by molar-refractivity contribution is 5.63. The SMILES string of the molecule is CNc1c(N)n(-c2ccccc2C)c(=O)[nH]c1=O. The van der Waals surface area contributed by atoms with E-state index in [4.69, 9.17) is 5.73 Å². The van der Waals surface area contributed by atoms with Gasteiger partial charge in [0.2, 0.25) is 0 Å². The van der Waals surface area contributed by atoms with E-state index in [0.717, 1.165) is 5.56 Å². The molecule has 0 spiro atoms. The molecule has 94 valence electrons. The molecule has 1 aromatic carbocycles. The first kappa shape index (κ1) is 12.0. The van der Waals surface area contributed by atoms with Crippen molar-refractivity contribution < 1.29 is 0 Å². The third kappa shape index (κ3) is 1.77. The number of aryl methyl sites for hydroxylation is 1. The van der Waals surface area contributed by atoms with Gasteiger partial charge in [-0.1, -0.05) is 18.2 Å². The van der Waals surface area contributed by atoms with Crippen LogP contribution in [0.4, 0.5) is 11.5 Å². The summed E-state index contributed by atoms with van der Waals surface area (Å²) in [6.07, 6.45) is 0. The van der Waals surface area contributed by atoms with Gasteiger partial charge in [0.15, 0.2) is 0 Å². The minimum atomic E-state index is -0.550. The highest BCUT2D eigenvalue weighted by atomic mass is 16.2. The molecule has 4 N–H and O–H groups in total. The monoisotopic (exact) mass is 246 g/mol. The molecule has 6 nitrogen and oxygen atoms in total. The Morgan fingerprint density at radius 2 is 1.94 bits per heavy atom. The molecule has 18 heavy (non-hydrogen) atoms. The topological polar surface area (TPSA) is 92.9 Å². The summed E-state index contributed by atoms with van der Waals surface area (Å²) in [7, 11) is 1.58. The van der Waals surface area contributed by atoms with Crippen LogP contribution in [0.2, 0.25) is 0 Å². The van der Waals surface area contributed by atoms with Crippen molar-refractivity contribution in [1.29, 1.82) is 0 Å². The smallest absolute Gasteiger partial charge is 0.334 e. The van der Waals surface area contributed by atoms with Crippen molar-refractivity contribution in [3.8, 4) is 5.69 Å². The van der Waals surface area contributed by atoms with Crippen LogP contribution in [-0.4, -0.2) is 16.6 Å². The average molecular weight is 246 g/mol. The maximum Gasteiger partial charge on any atom is 0.334 e. The molecule has 0 unspecified atom stereocenters. The normalized spacial score (nSPS) is 10.3. The number of aromatic amines is 1. The van der Waals surface area contributed by atoms with Gasteiger partial charge in [0, 0.05) is 7.05 Å². The highest BCUT2D eigenvalue weighted by Crippen LogP contribution is 2.17. The zero-order valence-corrected chi connectivity index (χ0v) is 10.2. The van der Waals surface area contributed by atoms with Crippen LogP contribution in [0.5, 0.6) is 0 Å². The molecule has 0 saturated heterocycles. The third-order valence-corrected chi connectivity index (χ3v) is 2.75. The summed E-state index contributed by atoms with van der Waals surface area (Å²) >= 11 is 0. The number of aromatic nitrogens is 2. The lowest BCUT2D eigenvalue weighted by Crippen LogP contribution is -2.33. The second-order valence-electron chi connectivity index (χ2n) is 3.89. The maximum absolute atomic E-state index is 11.9. The van der Waals surface area contributed by atoms with Gasteiger partial charge in [-0.2, -0.15) is 0 Å². The molecular weight excluding hydrogens is 232 g/mol. The zero-order chi connectivity index (χ0) is 13.3. The lowest BCUT2D eigenvalue weighted by molar-refractivity contribution is 0.904. The summed E-state index contributed by atoms with van der Waals surface area (Å²) in [5.74, 6) is 0.0977. The number of nitrogens with zero attached hydrogens (tertiary/aromatic N) is 1. The Balaban J connectivity index is 2.85. The lowest BCUT2D eigenvalue weighted by Gasteiger charge is -2.13. The average Bonchev–Trinajstić information content (AvgIpc) is 2.31. The van der Waals surface area contributed by atoms with Crippen LogP contribution >= 0.6 is 0 Å². The fourth-order valence-corrected chi connectivity index (χ4v) is 1.85. The minimum Gasteiger partial charge on any atom is -0.383 e. The van der Waals surface area contributed by atoms with Crippen molar-refractivity contribution in [1.82, 2.24) is 9.55 Å². The van der Waals surface area contributed by atoms with Crippen molar-refractivity contribution in [2.45, 2.75) is 6.92 Å². The quantitative estimate of drug-likeness (QED) is 0.717. The first-order chi connectivity index (χ1) is 8.56. The zero-order valence-electron chi connectivity index (χ0n) is 10.2. The van der Waals surface area contributed by atoms with Crippen LogP contribution in [0.1, 0.15) is 5.56 Å². The molecule has 0 aliphatic heterocycles. The molecule has 0 aliphatic carbocycles. The van der Waals surface area contributed by atoms with Gasteiger partial charge >= 0.3 is 5.69 Å². The summed E-state index contributed by atoms with van der Waals surface area (Å²) in [6, 6.07) is 7.30. The number of nitrogens with one attached hydrogen (secondary N) is 2. The largest absolute Gasteiger partial charge is 0.383 e. The molecule has 0 saturated carbocycles. The van der Waals surface area contributed by atoms with Gasteiger partial charge in [-0.05, 0) is 18.6 Å². The molecule has 0 amide bonds. The highest BCUT2D eigenvalue weighted by Gasteiger charge is 2.13. The van der Waals surface area contributed by atoms with Crippen LogP contribution < -0.4 is 22.3 Å². The number of hydrogen-bond acceptors (Lipinski definition) is 4. The summed E-state index contributed by atoms with van der Waals surface area (Å²) in [5.41, 5.74) is 6.52. The standard InChI is InChI=1S/C12H14N4O2/c1-7-5-3-4-6-8(7)16-10(13)9(14-2)11(17)15-12(16)18/h3-6,14H,13H2,1-2H3,(H,15,17,18). The lowest BCUT2D eigenvalue weighted by atomic mass is 10.2. The van der Waals surface area contributed by atoms with Gasteiger partial charge in [0.25, 0.3) is 5.56 Å². The second-order valence-corrected chi connectivity index (χ2v) is 3.89. The summed E-state index contributed by atoms with van der Waals surface area (Å²) in [5, 5.41) is 2.69. The van der Waals surface area contributed by atoms with Gasteiger partial charge in [-0.15, -0.1) is 0 Å². The van der Waals surface area contributed by atoms with E-state index < -0.39 is 11.2 Å². The van der Waals surface area contributed by atoms with Crippen LogP contribution in [0.3, 0.4) is 0 Å². The number of hydrogen-bond donors (Lipinski definition) is 3. The molecule has 0 bridgehead atoms. The number of H-pyrrole nitrogens is 1. The van der Waals surface area contributed by atoms with Crippen molar-refractivity contribution in [2.24, 2.45) is 0 Å². The van der Waals surface area contributed by atoms with E-state index in [0.29, 0.717) is 5.69 Å². The van der Waals surface area contributed by atoms with Crippen LogP contribution in [-0.2, 0) is 0 Å². The number of anilines is 2. The molecular formula is C12H14N4O2. The van der Waals surface area contributed by atoms with E-state index in [1.54, 1.807) is 19.2 Å². The first-order valence-electron chi connectivity index (χ1n) is 5.45. The molecule has 2 rings (SSSR count). The number of nitrogen functional groups attached to an aromatic ring is 1. The third-order valence-electron chi connectivity index (χ3n) is 2.75.